The van der Waals surface area contributed by atoms with Gasteiger partial charge in [-0.2, -0.15) is 0 Å². The molecule has 3 rings (SSSR count). The van der Waals surface area contributed by atoms with Crippen molar-refractivity contribution in [3.8, 4) is 0 Å². The minimum Gasteiger partial charge on any atom is -0.356 e. The van der Waals surface area contributed by atoms with Gasteiger partial charge in [0, 0.05) is 37.3 Å². The summed E-state index contributed by atoms with van der Waals surface area (Å²) in [6.45, 7) is 0.640. The zero-order valence-corrected chi connectivity index (χ0v) is 15.2. The molecule has 1 unspecified atom stereocenters. The van der Waals surface area contributed by atoms with Crippen LogP contribution in [-0.4, -0.2) is 37.9 Å². The molecule has 0 saturated carbocycles. The lowest BCUT2D eigenvalue weighted by molar-refractivity contribution is -0.117. The van der Waals surface area contributed by atoms with Crippen LogP contribution in [0.25, 0.3) is 0 Å². The zero-order valence-electron chi connectivity index (χ0n) is 15.2. The molecule has 2 aromatic rings. The number of para-hydroxylation sites is 2. The number of hydrogen-bond donors (Lipinski definition) is 4. The van der Waals surface area contributed by atoms with Crippen LogP contribution in [-0.2, 0) is 9.59 Å². The predicted molar refractivity (Wildman–Crippen MR) is 107 cm³/mol. The highest BCUT2D eigenvalue weighted by atomic mass is 16.2. The molecule has 0 aliphatic carbocycles. The number of nitrogens with zero attached hydrogens (tertiary/aromatic N) is 1. The van der Waals surface area contributed by atoms with Crippen LogP contribution in [0.5, 0.6) is 0 Å². The van der Waals surface area contributed by atoms with E-state index in [-0.39, 0.29) is 24.3 Å². The standard InChI is InChI=1S/C20H23N5O2/c1-21-20(23-13-19(27)24-15-7-3-2-4-8-15)22-12-14-11-18(26)25-17-10-6-5-9-16(14)17/h2-10,14H,11-13H2,1H3,(H,24,27)(H,25,26)(H2,21,22,23). The van der Waals surface area contributed by atoms with Crippen molar-refractivity contribution in [3.05, 3.63) is 60.2 Å². The van der Waals surface area contributed by atoms with Crippen molar-refractivity contribution in [3.63, 3.8) is 0 Å². The number of fused-ring (bicyclic) bond motifs is 1. The number of amides is 2. The van der Waals surface area contributed by atoms with Crippen LogP contribution in [0.15, 0.2) is 59.6 Å². The molecule has 0 aromatic heterocycles. The molecule has 27 heavy (non-hydrogen) atoms. The lowest BCUT2D eigenvalue weighted by atomic mass is 9.90. The molecule has 1 atom stereocenters. The Morgan fingerprint density at radius 3 is 2.63 bits per heavy atom. The number of benzene rings is 2. The van der Waals surface area contributed by atoms with E-state index in [2.05, 4.69) is 26.3 Å². The molecular formula is C20H23N5O2. The summed E-state index contributed by atoms with van der Waals surface area (Å²) in [4.78, 5) is 28.1. The van der Waals surface area contributed by atoms with Crippen LogP contribution in [0.4, 0.5) is 11.4 Å². The van der Waals surface area contributed by atoms with Crippen LogP contribution >= 0.6 is 0 Å². The third-order valence-electron chi connectivity index (χ3n) is 4.32. The van der Waals surface area contributed by atoms with Crippen molar-refractivity contribution < 1.29 is 9.59 Å². The van der Waals surface area contributed by atoms with E-state index < -0.39 is 0 Å². The summed E-state index contributed by atoms with van der Waals surface area (Å²) >= 11 is 0. The molecule has 0 saturated heterocycles. The van der Waals surface area contributed by atoms with Gasteiger partial charge in [0.15, 0.2) is 5.96 Å². The second-order valence-electron chi connectivity index (χ2n) is 6.26. The van der Waals surface area contributed by atoms with E-state index in [1.165, 1.54) is 0 Å². The maximum absolute atomic E-state index is 12.0. The number of rotatable bonds is 5. The average molecular weight is 365 g/mol. The summed E-state index contributed by atoms with van der Waals surface area (Å²) in [7, 11) is 1.64. The molecule has 7 heteroatoms. The number of aliphatic imine (C=N–C) groups is 1. The van der Waals surface area contributed by atoms with E-state index in [4.69, 9.17) is 0 Å². The van der Waals surface area contributed by atoms with Gasteiger partial charge >= 0.3 is 0 Å². The number of anilines is 2. The summed E-state index contributed by atoms with van der Waals surface area (Å²) in [6, 6.07) is 17.1. The smallest absolute Gasteiger partial charge is 0.243 e. The summed E-state index contributed by atoms with van der Waals surface area (Å²) in [5.74, 6) is 0.408. The van der Waals surface area contributed by atoms with Crippen molar-refractivity contribution in [2.24, 2.45) is 4.99 Å². The molecule has 4 N–H and O–H groups in total. The first-order valence-corrected chi connectivity index (χ1v) is 8.84. The van der Waals surface area contributed by atoms with Gasteiger partial charge in [-0.25, -0.2) is 0 Å². The molecule has 2 amide bonds. The Morgan fingerprint density at radius 1 is 1.11 bits per heavy atom. The lowest BCUT2D eigenvalue weighted by Crippen LogP contribution is -2.43. The van der Waals surface area contributed by atoms with Crippen molar-refractivity contribution in [2.75, 3.05) is 30.8 Å². The number of carbonyl (C=O) groups excluding carboxylic acids is 2. The fraction of sp³-hybridized carbons (Fsp3) is 0.250. The molecular weight excluding hydrogens is 342 g/mol. The summed E-state index contributed by atoms with van der Waals surface area (Å²) in [5, 5.41) is 11.9. The molecule has 1 aliphatic rings. The first-order chi connectivity index (χ1) is 13.2. The Bertz CT molecular complexity index is 835. The molecule has 0 radical (unpaired) electrons. The SMILES string of the molecule is CN=C(NCC(=O)Nc1ccccc1)NCC1CC(=O)Nc2ccccc21. The van der Waals surface area contributed by atoms with Gasteiger partial charge in [0.05, 0.1) is 6.54 Å². The Balaban J connectivity index is 1.51. The molecule has 2 aromatic carbocycles. The summed E-state index contributed by atoms with van der Waals surface area (Å²) in [6.07, 6.45) is 0.412. The topological polar surface area (TPSA) is 94.6 Å². The van der Waals surface area contributed by atoms with E-state index in [0.717, 1.165) is 16.9 Å². The predicted octanol–water partition coefficient (Wildman–Crippen LogP) is 1.92. The normalized spacial score (nSPS) is 16.1. The molecule has 1 heterocycles. The van der Waals surface area contributed by atoms with Gasteiger partial charge in [-0.3, -0.25) is 14.6 Å². The maximum atomic E-state index is 12.0. The molecule has 0 spiro atoms. The number of carbonyl (C=O) groups is 2. The second kappa shape index (κ2) is 8.84. The van der Waals surface area contributed by atoms with Gasteiger partial charge in [0.1, 0.15) is 0 Å². The van der Waals surface area contributed by atoms with E-state index >= 15 is 0 Å². The highest BCUT2D eigenvalue weighted by Crippen LogP contribution is 2.31. The van der Waals surface area contributed by atoms with Gasteiger partial charge in [-0.15, -0.1) is 0 Å². The fourth-order valence-electron chi connectivity index (χ4n) is 3.02. The highest BCUT2D eigenvalue weighted by Gasteiger charge is 2.24. The van der Waals surface area contributed by atoms with Gasteiger partial charge in [-0.05, 0) is 23.8 Å². The second-order valence-corrected chi connectivity index (χ2v) is 6.26. The third kappa shape index (κ3) is 5.07. The highest BCUT2D eigenvalue weighted by molar-refractivity contribution is 5.96. The van der Waals surface area contributed by atoms with Crippen molar-refractivity contribution in [1.29, 1.82) is 0 Å². The lowest BCUT2D eigenvalue weighted by Gasteiger charge is -2.26. The van der Waals surface area contributed by atoms with E-state index in [0.29, 0.717) is 18.9 Å². The van der Waals surface area contributed by atoms with Crippen LogP contribution in [0.1, 0.15) is 17.9 Å². The fourth-order valence-corrected chi connectivity index (χ4v) is 3.02. The first kappa shape index (κ1) is 18.4. The Hall–Kier alpha value is -3.35. The zero-order chi connectivity index (χ0) is 19.1. The van der Waals surface area contributed by atoms with Crippen LogP contribution < -0.4 is 21.3 Å². The van der Waals surface area contributed by atoms with Gasteiger partial charge in [0.25, 0.3) is 0 Å². The van der Waals surface area contributed by atoms with Crippen LogP contribution in [0.3, 0.4) is 0 Å². The van der Waals surface area contributed by atoms with Gasteiger partial charge in [0.2, 0.25) is 11.8 Å². The summed E-state index contributed by atoms with van der Waals surface area (Å²) < 4.78 is 0. The van der Waals surface area contributed by atoms with E-state index in [1.54, 1.807) is 7.05 Å². The maximum Gasteiger partial charge on any atom is 0.243 e. The third-order valence-corrected chi connectivity index (χ3v) is 4.32. The van der Waals surface area contributed by atoms with Crippen LogP contribution in [0, 0.1) is 0 Å². The van der Waals surface area contributed by atoms with E-state index in [9.17, 15) is 9.59 Å². The average Bonchev–Trinajstić information content (AvgIpc) is 2.68. The largest absolute Gasteiger partial charge is 0.356 e. The Labute approximate surface area is 158 Å². The van der Waals surface area contributed by atoms with E-state index in [1.807, 2.05) is 54.6 Å². The molecule has 7 nitrogen and oxygen atoms in total. The van der Waals surface area contributed by atoms with Gasteiger partial charge in [-0.1, -0.05) is 36.4 Å². The minimum absolute atomic E-state index is 0.00526. The number of nitrogens with one attached hydrogen (secondary N) is 4. The number of hydrogen-bond acceptors (Lipinski definition) is 3. The van der Waals surface area contributed by atoms with Crippen LogP contribution in [0.2, 0.25) is 0 Å². The quantitative estimate of drug-likeness (QED) is 0.481. The Kier molecular flexibility index (Phi) is 6.04. The molecule has 0 bridgehead atoms. The molecule has 1 aliphatic heterocycles. The molecule has 140 valence electrons. The monoisotopic (exact) mass is 365 g/mol. The van der Waals surface area contributed by atoms with Crippen molar-refractivity contribution in [1.82, 2.24) is 10.6 Å². The van der Waals surface area contributed by atoms with Crippen molar-refractivity contribution in [2.45, 2.75) is 12.3 Å². The minimum atomic E-state index is -0.161. The summed E-state index contributed by atoms with van der Waals surface area (Å²) in [5.41, 5.74) is 2.70. The molecule has 0 fully saturated rings. The number of guanidine groups is 1. The van der Waals surface area contributed by atoms with Gasteiger partial charge < -0.3 is 21.3 Å². The van der Waals surface area contributed by atoms with Crippen molar-refractivity contribution >= 4 is 29.1 Å². The Morgan fingerprint density at radius 2 is 1.85 bits per heavy atom. The first-order valence-electron chi connectivity index (χ1n) is 8.84.